The van der Waals surface area contributed by atoms with Crippen molar-refractivity contribution in [1.82, 2.24) is 9.78 Å². The van der Waals surface area contributed by atoms with Gasteiger partial charge in [-0.3, -0.25) is 9.48 Å². The predicted octanol–water partition coefficient (Wildman–Crippen LogP) is 2.10. The standard InChI is InChI=1S/C12H19N3O2/c16-12(17)9-15-8-11(7-13-15)14-10-5-3-1-2-4-6-10/h7-8,10,14H,1-6,9H2,(H,16,17). The molecular weight excluding hydrogens is 218 g/mol. The van der Waals surface area contributed by atoms with Gasteiger partial charge in [-0.2, -0.15) is 5.10 Å². The summed E-state index contributed by atoms with van der Waals surface area (Å²) in [5, 5.41) is 16.1. The van der Waals surface area contributed by atoms with E-state index in [1.807, 2.05) is 0 Å². The van der Waals surface area contributed by atoms with E-state index in [9.17, 15) is 4.79 Å². The monoisotopic (exact) mass is 237 g/mol. The number of aliphatic carboxylic acids is 1. The maximum Gasteiger partial charge on any atom is 0.325 e. The molecule has 94 valence electrons. The van der Waals surface area contributed by atoms with E-state index in [1.165, 1.54) is 43.2 Å². The lowest BCUT2D eigenvalue weighted by Gasteiger charge is -2.15. The van der Waals surface area contributed by atoms with Gasteiger partial charge in [-0.1, -0.05) is 25.7 Å². The van der Waals surface area contributed by atoms with E-state index in [0.717, 1.165) is 5.69 Å². The molecule has 2 rings (SSSR count). The van der Waals surface area contributed by atoms with Crippen LogP contribution in [0.5, 0.6) is 0 Å². The fraction of sp³-hybridized carbons (Fsp3) is 0.667. The van der Waals surface area contributed by atoms with Crippen molar-refractivity contribution in [3.8, 4) is 0 Å². The zero-order chi connectivity index (χ0) is 12.1. The van der Waals surface area contributed by atoms with Crippen molar-refractivity contribution in [2.45, 2.75) is 51.1 Å². The van der Waals surface area contributed by atoms with Crippen LogP contribution in [-0.4, -0.2) is 26.9 Å². The van der Waals surface area contributed by atoms with E-state index in [0.29, 0.717) is 6.04 Å². The minimum absolute atomic E-state index is 0.0770. The molecule has 0 atom stereocenters. The summed E-state index contributed by atoms with van der Waals surface area (Å²) in [7, 11) is 0. The van der Waals surface area contributed by atoms with Gasteiger partial charge in [0.05, 0.1) is 11.9 Å². The van der Waals surface area contributed by atoms with Crippen LogP contribution in [0, 0.1) is 0 Å². The fourth-order valence-corrected chi connectivity index (χ4v) is 2.32. The van der Waals surface area contributed by atoms with E-state index in [2.05, 4.69) is 10.4 Å². The molecule has 1 fully saturated rings. The molecule has 0 aromatic carbocycles. The normalized spacial score (nSPS) is 17.6. The molecule has 0 radical (unpaired) electrons. The quantitative estimate of drug-likeness (QED) is 0.787. The molecule has 0 aliphatic heterocycles. The molecule has 0 bridgehead atoms. The number of nitrogens with one attached hydrogen (secondary N) is 1. The van der Waals surface area contributed by atoms with E-state index in [1.54, 1.807) is 12.4 Å². The predicted molar refractivity (Wildman–Crippen MR) is 65.0 cm³/mol. The van der Waals surface area contributed by atoms with Gasteiger partial charge in [0.15, 0.2) is 0 Å². The van der Waals surface area contributed by atoms with Crippen molar-refractivity contribution in [2.75, 3.05) is 5.32 Å². The van der Waals surface area contributed by atoms with Crippen molar-refractivity contribution in [2.24, 2.45) is 0 Å². The molecule has 1 aromatic rings. The Morgan fingerprint density at radius 1 is 1.41 bits per heavy atom. The molecular formula is C12H19N3O2. The van der Waals surface area contributed by atoms with Crippen LogP contribution in [-0.2, 0) is 11.3 Å². The first-order chi connectivity index (χ1) is 8.24. The molecule has 1 aromatic heterocycles. The van der Waals surface area contributed by atoms with Crippen LogP contribution in [0.3, 0.4) is 0 Å². The van der Waals surface area contributed by atoms with Gasteiger partial charge in [-0.25, -0.2) is 0 Å². The lowest BCUT2D eigenvalue weighted by Crippen LogP contribution is -2.17. The first-order valence-electron chi connectivity index (χ1n) is 6.25. The Balaban J connectivity index is 1.89. The second-order valence-electron chi connectivity index (χ2n) is 4.65. The number of anilines is 1. The van der Waals surface area contributed by atoms with Gasteiger partial charge in [0.25, 0.3) is 0 Å². The summed E-state index contributed by atoms with van der Waals surface area (Å²) in [5.41, 5.74) is 0.929. The number of rotatable bonds is 4. The lowest BCUT2D eigenvalue weighted by molar-refractivity contribution is -0.137. The molecule has 0 spiro atoms. The van der Waals surface area contributed by atoms with Crippen LogP contribution in [0.1, 0.15) is 38.5 Å². The summed E-state index contributed by atoms with van der Waals surface area (Å²) >= 11 is 0. The molecule has 0 unspecified atom stereocenters. The molecule has 0 amide bonds. The number of hydrogen-bond acceptors (Lipinski definition) is 3. The highest BCUT2D eigenvalue weighted by molar-refractivity contribution is 5.66. The number of aromatic nitrogens is 2. The Morgan fingerprint density at radius 2 is 2.12 bits per heavy atom. The summed E-state index contributed by atoms with van der Waals surface area (Å²) in [6.07, 6.45) is 11.1. The summed E-state index contributed by atoms with van der Waals surface area (Å²) in [6, 6.07) is 0.514. The minimum Gasteiger partial charge on any atom is -0.480 e. The van der Waals surface area contributed by atoms with Crippen LogP contribution in [0.25, 0.3) is 0 Å². The van der Waals surface area contributed by atoms with Gasteiger partial charge in [0.2, 0.25) is 0 Å². The summed E-state index contributed by atoms with van der Waals surface area (Å²) < 4.78 is 1.45. The highest BCUT2D eigenvalue weighted by Gasteiger charge is 2.12. The second kappa shape index (κ2) is 5.70. The smallest absolute Gasteiger partial charge is 0.325 e. The Labute approximate surface area is 101 Å². The second-order valence-corrected chi connectivity index (χ2v) is 4.65. The SMILES string of the molecule is O=C(O)Cn1cc(NC2CCCCCC2)cn1. The van der Waals surface area contributed by atoms with E-state index >= 15 is 0 Å². The van der Waals surface area contributed by atoms with Crippen LogP contribution >= 0.6 is 0 Å². The average molecular weight is 237 g/mol. The summed E-state index contributed by atoms with van der Waals surface area (Å²) in [6.45, 7) is -0.0770. The number of nitrogens with zero attached hydrogens (tertiary/aromatic N) is 2. The van der Waals surface area contributed by atoms with Gasteiger partial charge in [0.1, 0.15) is 6.54 Å². The van der Waals surface area contributed by atoms with Crippen molar-refractivity contribution < 1.29 is 9.90 Å². The van der Waals surface area contributed by atoms with E-state index in [-0.39, 0.29) is 6.54 Å². The van der Waals surface area contributed by atoms with Crippen molar-refractivity contribution in [1.29, 1.82) is 0 Å². The highest BCUT2D eigenvalue weighted by Crippen LogP contribution is 2.20. The van der Waals surface area contributed by atoms with Gasteiger partial charge in [0, 0.05) is 12.2 Å². The van der Waals surface area contributed by atoms with Crippen LogP contribution in [0.4, 0.5) is 5.69 Å². The zero-order valence-corrected chi connectivity index (χ0v) is 9.93. The van der Waals surface area contributed by atoms with Crippen molar-refractivity contribution in [3.63, 3.8) is 0 Å². The molecule has 17 heavy (non-hydrogen) atoms. The Hall–Kier alpha value is -1.52. The Kier molecular flexibility index (Phi) is 4.01. The lowest BCUT2D eigenvalue weighted by atomic mass is 10.1. The van der Waals surface area contributed by atoms with Crippen LogP contribution in [0.2, 0.25) is 0 Å². The van der Waals surface area contributed by atoms with Crippen molar-refractivity contribution >= 4 is 11.7 Å². The first kappa shape index (κ1) is 12.0. The maximum absolute atomic E-state index is 10.5. The van der Waals surface area contributed by atoms with E-state index in [4.69, 9.17) is 5.11 Å². The topological polar surface area (TPSA) is 67.2 Å². The van der Waals surface area contributed by atoms with E-state index < -0.39 is 5.97 Å². The molecule has 1 saturated carbocycles. The molecule has 0 saturated heterocycles. The molecule has 1 aliphatic rings. The largest absolute Gasteiger partial charge is 0.480 e. The minimum atomic E-state index is -0.867. The summed E-state index contributed by atoms with van der Waals surface area (Å²) in [5.74, 6) is -0.867. The average Bonchev–Trinajstić information content (AvgIpc) is 2.54. The third-order valence-corrected chi connectivity index (χ3v) is 3.16. The third-order valence-electron chi connectivity index (χ3n) is 3.16. The van der Waals surface area contributed by atoms with Gasteiger partial charge >= 0.3 is 5.97 Å². The molecule has 5 heteroatoms. The van der Waals surface area contributed by atoms with Crippen molar-refractivity contribution in [3.05, 3.63) is 12.4 Å². The molecule has 1 aliphatic carbocycles. The van der Waals surface area contributed by atoms with Gasteiger partial charge < -0.3 is 10.4 Å². The zero-order valence-electron chi connectivity index (χ0n) is 9.93. The third kappa shape index (κ3) is 3.76. The number of carbonyl (C=O) groups is 1. The maximum atomic E-state index is 10.5. The first-order valence-corrected chi connectivity index (χ1v) is 6.25. The number of carboxylic acids is 1. The highest BCUT2D eigenvalue weighted by atomic mass is 16.4. The molecule has 1 heterocycles. The van der Waals surface area contributed by atoms with Crippen LogP contribution < -0.4 is 5.32 Å². The number of carboxylic acid groups (broad SMARTS) is 1. The van der Waals surface area contributed by atoms with Gasteiger partial charge in [-0.15, -0.1) is 0 Å². The Morgan fingerprint density at radius 3 is 2.76 bits per heavy atom. The summed E-state index contributed by atoms with van der Waals surface area (Å²) in [4.78, 5) is 10.5. The fourth-order valence-electron chi connectivity index (χ4n) is 2.32. The number of hydrogen-bond donors (Lipinski definition) is 2. The molecule has 5 nitrogen and oxygen atoms in total. The molecule has 2 N–H and O–H groups in total. The Bertz CT molecular complexity index is 368. The van der Waals surface area contributed by atoms with Crippen LogP contribution in [0.15, 0.2) is 12.4 Å². The van der Waals surface area contributed by atoms with Gasteiger partial charge in [-0.05, 0) is 12.8 Å².